The summed E-state index contributed by atoms with van der Waals surface area (Å²) in [6.45, 7) is 4.03. The average molecular weight is 256 g/mol. The molecule has 19 heavy (non-hydrogen) atoms. The number of carbonyl (C=O) groups excluding carboxylic acids is 1. The number of fused-ring (bicyclic) bond motifs is 3. The van der Waals surface area contributed by atoms with Crippen molar-refractivity contribution >= 4 is 16.8 Å². The Labute approximate surface area is 113 Å². The van der Waals surface area contributed by atoms with Crippen molar-refractivity contribution in [1.82, 2.24) is 10.3 Å². The lowest BCUT2D eigenvalue weighted by atomic mass is 9.91. The largest absolute Gasteiger partial charge is 0.358 e. The zero-order chi connectivity index (χ0) is 13.4. The van der Waals surface area contributed by atoms with Gasteiger partial charge in [-0.1, -0.05) is 18.6 Å². The van der Waals surface area contributed by atoms with Crippen molar-refractivity contribution < 1.29 is 4.79 Å². The number of hydrogen-bond donors (Lipinski definition) is 2. The van der Waals surface area contributed by atoms with Gasteiger partial charge in [-0.3, -0.25) is 4.79 Å². The van der Waals surface area contributed by atoms with Crippen LogP contribution in [0, 0.1) is 6.92 Å². The molecule has 100 valence electrons. The number of amides is 1. The molecule has 3 nitrogen and oxygen atoms in total. The molecule has 0 spiro atoms. The van der Waals surface area contributed by atoms with Crippen LogP contribution in [0.5, 0.6) is 0 Å². The molecule has 0 bridgehead atoms. The molecule has 1 heterocycles. The number of benzene rings is 1. The molecule has 0 fully saturated rings. The van der Waals surface area contributed by atoms with Gasteiger partial charge in [0.25, 0.3) is 0 Å². The van der Waals surface area contributed by atoms with Crippen LogP contribution in [-0.2, 0) is 17.6 Å². The first-order valence-electron chi connectivity index (χ1n) is 7.07. The lowest BCUT2D eigenvalue weighted by Crippen LogP contribution is -2.38. The van der Waals surface area contributed by atoms with E-state index < -0.39 is 0 Å². The van der Waals surface area contributed by atoms with Crippen LogP contribution in [-0.4, -0.2) is 16.9 Å². The van der Waals surface area contributed by atoms with Crippen LogP contribution in [0.15, 0.2) is 18.2 Å². The summed E-state index contributed by atoms with van der Waals surface area (Å²) >= 11 is 0. The van der Waals surface area contributed by atoms with Gasteiger partial charge < -0.3 is 10.3 Å². The number of H-pyrrole nitrogens is 1. The number of aryl methyl sites for hydroxylation is 2. The number of rotatable bonds is 2. The van der Waals surface area contributed by atoms with E-state index in [1.54, 1.807) is 0 Å². The molecule has 0 saturated carbocycles. The van der Waals surface area contributed by atoms with E-state index in [0.29, 0.717) is 6.42 Å². The van der Waals surface area contributed by atoms with Gasteiger partial charge in [-0.05, 0) is 37.5 Å². The molecule has 1 aromatic heterocycles. The fourth-order valence-electron chi connectivity index (χ4n) is 3.00. The number of aromatic nitrogens is 1. The Morgan fingerprint density at radius 1 is 1.47 bits per heavy atom. The highest BCUT2D eigenvalue weighted by Gasteiger charge is 2.23. The van der Waals surface area contributed by atoms with Crippen LogP contribution in [0.4, 0.5) is 0 Å². The molecular formula is C16H20N2O. The van der Waals surface area contributed by atoms with E-state index in [1.165, 1.54) is 27.7 Å². The maximum absolute atomic E-state index is 11.5. The first-order valence-corrected chi connectivity index (χ1v) is 7.07. The second-order valence-electron chi connectivity index (χ2n) is 5.49. The predicted octanol–water partition coefficient (Wildman–Crippen LogP) is 2.86. The highest BCUT2D eigenvalue weighted by Crippen LogP contribution is 2.29. The SMILES string of the molecule is CCC(=O)NC1CCc2c([nH]c3ccc(C)cc23)C1. The lowest BCUT2D eigenvalue weighted by Gasteiger charge is -2.23. The van der Waals surface area contributed by atoms with Crippen LogP contribution in [0.25, 0.3) is 10.9 Å². The van der Waals surface area contributed by atoms with Crippen molar-refractivity contribution in [2.75, 3.05) is 0 Å². The second-order valence-corrected chi connectivity index (χ2v) is 5.49. The minimum atomic E-state index is 0.153. The van der Waals surface area contributed by atoms with Gasteiger partial charge in [0.15, 0.2) is 0 Å². The van der Waals surface area contributed by atoms with E-state index in [-0.39, 0.29) is 11.9 Å². The van der Waals surface area contributed by atoms with Crippen molar-refractivity contribution in [3.63, 3.8) is 0 Å². The monoisotopic (exact) mass is 256 g/mol. The molecule has 0 radical (unpaired) electrons. The molecule has 1 unspecified atom stereocenters. The Balaban J connectivity index is 1.89. The summed E-state index contributed by atoms with van der Waals surface area (Å²) in [7, 11) is 0. The molecule has 0 aliphatic heterocycles. The summed E-state index contributed by atoms with van der Waals surface area (Å²) < 4.78 is 0. The molecule has 3 heteroatoms. The van der Waals surface area contributed by atoms with Gasteiger partial charge in [0.2, 0.25) is 5.91 Å². The molecule has 1 amide bonds. The van der Waals surface area contributed by atoms with Gasteiger partial charge in [0.05, 0.1) is 0 Å². The van der Waals surface area contributed by atoms with Gasteiger partial charge in [-0.2, -0.15) is 0 Å². The third kappa shape index (κ3) is 2.25. The molecule has 0 saturated heterocycles. The van der Waals surface area contributed by atoms with Crippen molar-refractivity contribution in [3.8, 4) is 0 Å². The minimum absolute atomic E-state index is 0.153. The topological polar surface area (TPSA) is 44.9 Å². The first kappa shape index (κ1) is 12.3. The molecule has 1 aromatic carbocycles. The Bertz CT molecular complexity index is 627. The molecular weight excluding hydrogens is 236 g/mol. The van der Waals surface area contributed by atoms with Crippen molar-refractivity contribution in [1.29, 1.82) is 0 Å². The molecule has 2 N–H and O–H groups in total. The third-order valence-electron chi connectivity index (χ3n) is 4.03. The summed E-state index contributed by atoms with van der Waals surface area (Å²) in [5.41, 5.74) is 5.27. The summed E-state index contributed by atoms with van der Waals surface area (Å²) in [6, 6.07) is 6.84. The van der Waals surface area contributed by atoms with Crippen LogP contribution in [0.2, 0.25) is 0 Å². The Hall–Kier alpha value is -1.77. The molecule has 2 aromatic rings. The highest BCUT2D eigenvalue weighted by atomic mass is 16.1. The van der Waals surface area contributed by atoms with E-state index in [4.69, 9.17) is 0 Å². The number of nitrogens with one attached hydrogen (secondary N) is 2. The zero-order valence-electron chi connectivity index (χ0n) is 11.5. The third-order valence-corrected chi connectivity index (χ3v) is 4.03. The normalized spacial score (nSPS) is 18.3. The summed E-state index contributed by atoms with van der Waals surface area (Å²) in [5.74, 6) is 0.153. The van der Waals surface area contributed by atoms with Crippen molar-refractivity contribution in [2.24, 2.45) is 0 Å². The molecule has 3 rings (SSSR count). The minimum Gasteiger partial charge on any atom is -0.358 e. The standard InChI is InChI=1S/C16H20N2O/c1-3-16(19)17-11-5-6-12-13-8-10(2)4-7-14(13)18-15(12)9-11/h4,7-8,11,18H,3,5-6,9H2,1-2H3,(H,17,19). The fourth-order valence-corrected chi connectivity index (χ4v) is 3.00. The van der Waals surface area contributed by atoms with Crippen molar-refractivity contribution in [3.05, 3.63) is 35.0 Å². The Kier molecular flexibility index (Phi) is 3.05. The maximum atomic E-state index is 11.5. The average Bonchev–Trinajstić information content (AvgIpc) is 2.75. The van der Waals surface area contributed by atoms with E-state index >= 15 is 0 Å². The summed E-state index contributed by atoms with van der Waals surface area (Å²) in [6.07, 6.45) is 3.58. The van der Waals surface area contributed by atoms with Crippen LogP contribution in [0.3, 0.4) is 0 Å². The summed E-state index contributed by atoms with van der Waals surface area (Å²) in [5, 5.41) is 4.46. The highest BCUT2D eigenvalue weighted by molar-refractivity contribution is 5.85. The number of hydrogen-bond acceptors (Lipinski definition) is 1. The molecule has 1 aliphatic carbocycles. The van der Waals surface area contributed by atoms with Gasteiger partial charge in [-0.25, -0.2) is 0 Å². The van der Waals surface area contributed by atoms with Gasteiger partial charge >= 0.3 is 0 Å². The first-order chi connectivity index (χ1) is 9.17. The predicted molar refractivity (Wildman–Crippen MR) is 77.3 cm³/mol. The lowest BCUT2D eigenvalue weighted by molar-refractivity contribution is -0.121. The van der Waals surface area contributed by atoms with Crippen LogP contribution < -0.4 is 5.32 Å². The van der Waals surface area contributed by atoms with E-state index in [9.17, 15) is 4.79 Å². The zero-order valence-corrected chi connectivity index (χ0v) is 11.5. The van der Waals surface area contributed by atoms with E-state index in [1.807, 2.05) is 6.92 Å². The van der Waals surface area contributed by atoms with Gasteiger partial charge in [0.1, 0.15) is 0 Å². The summed E-state index contributed by atoms with van der Waals surface area (Å²) in [4.78, 5) is 15.0. The van der Waals surface area contributed by atoms with Gasteiger partial charge in [0, 0.05) is 35.5 Å². The number of aromatic amines is 1. The molecule has 1 aliphatic rings. The quantitative estimate of drug-likeness (QED) is 0.852. The van der Waals surface area contributed by atoms with E-state index in [2.05, 4.69) is 35.4 Å². The van der Waals surface area contributed by atoms with E-state index in [0.717, 1.165) is 19.3 Å². The second kappa shape index (κ2) is 4.72. The maximum Gasteiger partial charge on any atom is 0.219 e. The van der Waals surface area contributed by atoms with Crippen LogP contribution >= 0.6 is 0 Å². The van der Waals surface area contributed by atoms with Crippen LogP contribution in [0.1, 0.15) is 36.6 Å². The molecule has 1 atom stereocenters. The smallest absolute Gasteiger partial charge is 0.219 e. The van der Waals surface area contributed by atoms with Crippen molar-refractivity contribution in [2.45, 2.75) is 45.6 Å². The number of carbonyl (C=O) groups is 1. The van der Waals surface area contributed by atoms with Gasteiger partial charge in [-0.15, -0.1) is 0 Å². The Morgan fingerprint density at radius 3 is 3.11 bits per heavy atom. The fraction of sp³-hybridized carbons (Fsp3) is 0.438. The Morgan fingerprint density at radius 2 is 2.32 bits per heavy atom.